The lowest BCUT2D eigenvalue weighted by Crippen LogP contribution is -2.26. The Labute approximate surface area is 146 Å². The molecule has 0 aliphatic rings. The van der Waals surface area contributed by atoms with Crippen LogP contribution in [0.5, 0.6) is 5.75 Å². The van der Waals surface area contributed by atoms with Gasteiger partial charge >= 0.3 is 0 Å². The SMILES string of the molecule is CCOc1ccc2ccccc2c1C(=O)NCCC(O)c1ccoc1. The molecule has 0 spiro atoms. The molecule has 3 aromatic rings. The van der Waals surface area contributed by atoms with E-state index in [1.807, 2.05) is 43.3 Å². The number of carbonyl (C=O) groups is 1. The van der Waals surface area contributed by atoms with E-state index in [0.717, 1.165) is 10.8 Å². The van der Waals surface area contributed by atoms with Gasteiger partial charge in [0, 0.05) is 12.1 Å². The molecule has 3 rings (SSSR count). The molecule has 0 aliphatic carbocycles. The highest BCUT2D eigenvalue weighted by molar-refractivity contribution is 6.09. The first kappa shape index (κ1) is 17.0. The quantitative estimate of drug-likeness (QED) is 0.689. The summed E-state index contributed by atoms with van der Waals surface area (Å²) < 4.78 is 10.6. The molecule has 5 nitrogen and oxygen atoms in total. The van der Waals surface area contributed by atoms with Gasteiger partial charge in [-0.3, -0.25) is 4.79 Å². The van der Waals surface area contributed by atoms with Gasteiger partial charge in [-0.15, -0.1) is 0 Å². The van der Waals surface area contributed by atoms with Gasteiger partial charge in [0.1, 0.15) is 5.75 Å². The van der Waals surface area contributed by atoms with E-state index in [2.05, 4.69) is 5.32 Å². The number of rotatable bonds is 7. The first-order valence-corrected chi connectivity index (χ1v) is 8.33. The number of ether oxygens (including phenoxy) is 1. The maximum atomic E-state index is 12.7. The monoisotopic (exact) mass is 339 g/mol. The van der Waals surface area contributed by atoms with Gasteiger partial charge in [0.25, 0.3) is 5.91 Å². The first-order valence-electron chi connectivity index (χ1n) is 8.33. The number of benzene rings is 2. The molecule has 1 heterocycles. The van der Waals surface area contributed by atoms with Crippen molar-refractivity contribution in [1.82, 2.24) is 5.32 Å². The summed E-state index contributed by atoms with van der Waals surface area (Å²) in [5.74, 6) is 0.355. The van der Waals surface area contributed by atoms with Gasteiger partial charge in [0.2, 0.25) is 0 Å². The summed E-state index contributed by atoms with van der Waals surface area (Å²) in [4.78, 5) is 12.7. The van der Waals surface area contributed by atoms with Crippen LogP contribution >= 0.6 is 0 Å². The van der Waals surface area contributed by atoms with E-state index < -0.39 is 6.10 Å². The number of nitrogens with one attached hydrogen (secondary N) is 1. The zero-order valence-electron chi connectivity index (χ0n) is 14.1. The second kappa shape index (κ2) is 7.85. The zero-order valence-corrected chi connectivity index (χ0v) is 14.1. The van der Waals surface area contributed by atoms with Crippen molar-refractivity contribution in [2.45, 2.75) is 19.4 Å². The van der Waals surface area contributed by atoms with Gasteiger partial charge in [-0.05, 0) is 36.2 Å². The Hall–Kier alpha value is -2.79. The van der Waals surface area contributed by atoms with E-state index in [9.17, 15) is 9.90 Å². The van der Waals surface area contributed by atoms with Crippen LogP contribution < -0.4 is 10.1 Å². The predicted molar refractivity (Wildman–Crippen MR) is 95.7 cm³/mol. The third-order valence-corrected chi connectivity index (χ3v) is 4.05. The number of amides is 1. The maximum Gasteiger partial charge on any atom is 0.255 e. The first-order chi connectivity index (χ1) is 12.2. The molecule has 1 unspecified atom stereocenters. The van der Waals surface area contributed by atoms with Crippen molar-refractivity contribution in [1.29, 1.82) is 0 Å². The van der Waals surface area contributed by atoms with Crippen molar-refractivity contribution in [2.24, 2.45) is 0 Å². The number of hydrogen-bond acceptors (Lipinski definition) is 4. The highest BCUT2D eigenvalue weighted by atomic mass is 16.5. The van der Waals surface area contributed by atoms with Crippen molar-refractivity contribution in [3.8, 4) is 5.75 Å². The summed E-state index contributed by atoms with van der Waals surface area (Å²) in [6, 6.07) is 13.2. The van der Waals surface area contributed by atoms with Crippen LogP contribution in [-0.2, 0) is 0 Å². The molecule has 0 saturated heterocycles. The minimum atomic E-state index is -0.669. The second-order valence-corrected chi connectivity index (χ2v) is 5.71. The Morgan fingerprint density at radius 3 is 2.84 bits per heavy atom. The van der Waals surface area contributed by atoms with Crippen LogP contribution in [0, 0.1) is 0 Å². The molecule has 0 saturated carbocycles. The van der Waals surface area contributed by atoms with Gasteiger partial charge in [-0.1, -0.05) is 30.3 Å². The Kier molecular flexibility index (Phi) is 5.36. The Morgan fingerprint density at radius 1 is 1.24 bits per heavy atom. The van der Waals surface area contributed by atoms with Crippen LogP contribution in [-0.4, -0.2) is 24.2 Å². The largest absolute Gasteiger partial charge is 0.493 e. The van der Waals surface area contributed by atoms with Crippen LogP contribution in [0.1, 0.15) is 35.4 Å². The minimum Gasteiger partial charge on any atom is -0.493 e. The molecule has 5 heteroatoms. The molecule has 130 valence electrons. The number of furan rings is 1. The topological polar surface area (TPSA) is 71.7 Å². The Balaban J connectivity index is 1.75. The molecule has 1 aromatic heterocycles. The van der Waals surface area contributed by atoms with Crippen molar-refractivity contribution in [2.75, 3.05) is 13.2 Å². The van der Waals surface area contributed by atoms with Crippen molar-refractivity contribution in [3.63, 3.8) is 0 Å². The van der Waals surface area contributed by atoms with Crippen LogP contribution in [0.25, 0.3) is 10.8 Å². The van der Waals surface area contributed by atoms with Crippen LogP contribution in [0.3, 0.4) is 0 Å². The molecule has 2 N–H and O–H groups in total. The average molecular weight is 339 g/mol. The third kappa shape index (κ3) is 3.83. The average Bonchev–Trinajstić information content (AvgIpc) is 3.16. The summed E-state index contributed by atoms with van der Waals surface area (Å²) in [5.41, 5.74) is 1.23. The van der Waals surface area contributed by atoms with E-state index in [1.54, 1.807) is 6.07 Å². The van der Waals surface area contributed by atoms with E-state index in [1.165, 1.54) is 12.5 Å². The smallest absolute Gasteiger partial charge is 0.255 e. The van der Waals surface area contributed by atoms with Crippen molar-refractivity contribution >= 4 is 16.7 Å². The van der Waals surface area contributed by atoms with Gasteiger partial charge in [-0.2, -0.15) is 0 Å². The van der Waals surface area contributed by atoms with Gasteiger partial charge in [-0.25, -0.2) is 0 Å². The summed E-state index contributed by atoms with van der Waals surface area (Å²) in [6.45, 7) is 2.72. The summed E-state index contributed by atoms with van der Waals surface area (Å²) >= 11 is 0. The molecule has 0 bridgehead atoms. The van der Waals surface area contributed by atoms with Gasteiger partial charge < -0.3 is 19.6 Å². The molecule has 1 amide bonds. The highest BCUT2D eigenvalue weighted by Crippen LogP contribution is 2.28. The fraction of sp³-hybridized carbons (Fsp3) is 0.250. The standard InChI is InChI=1S/C20H21NO4/c1-2-25-18-8-7-14-5-3-4-6-16(14)19(18)20(23)21-11-9-17(22)15-10-12-24-13-15/h3-8,10,12-13,17,22H,2,9,11H2,1H3,(H,21,23). The number of aliphatic hydroxyl groups is 1. The molecule has 25 heavy (non-hydrogen) atoms. The normalized spacial score (nSPS) is 12.1. The second-order valence-electron chi connectivity index (χ2n) is 5.71. The lowest BCUT2D eigenvalue weighted by atomic mass is 10.0. The lowest BCUT2D eigenvalue weighted by Gasteiger charge is -2.14. The number of fused-ring (bicyclic) bond motifs is 1. The van der Waals surface area contributed by atoms with Crippen molar-refractivity contribution in [3.05, 3.63) is 66.1 Å². The van der Waals surface area contributed by atoms with E-state index >= 15 is 0 Å². The fourth-order valence-electron chi connectivity index (χ4n) is 2.80. The highest BCUT2D eigenvalue weighted by Gasteiger charge is 2.17. The summed E-state index contributed by atoms with van der Waals surface area (Å²) in [5, 5.41) is 14.8. The minimum absolute atomic E-state index is 0.209. The molecular formula is C20H21NO4. The molecule has 0 radical (unpaired) electrons. The number of hydrogen-bond donors (Lipinski definition) is 2. The number of carbonyl (C=O) groups excluding carboxylic acids is 1. The molecule has 1 atom stereocenters. The molecule has 0 aliphatic heterocycles. The zero-order chi connectivity index (χ0) is 17.6. The predicted octanol–water partition coefficient (Wildman–Crippen LogP) is 3.69. The Bertz CT molecular complexity index is 842. The van der Waals surface area contributed by atoms with Crippen LogP contribution in [0.15, 0.2) is 59.4 Å². The van der Waals surface area contributed by atoms with Crippen LogP contribution in [0.4, 0.5) is 0 Å². The van der Waals surface area contributed by atoms with Crippen molar-refractivity contribution < 1.29 is 19.1 Å². The lowest BCUT2D eigenvalue weighted by molar-refractivity contribution is 0.0940. The van der Waals surface area contributed by atoms with Crippen LogP contribution in [0.2, 0.25) is 0 Å². The fourth-order valence-corrected chi connectivity index (χ4v) is 2.80. The third-order valence-electron chi connectivity index (χ3n) is 4.05. The van der Waals surface area contributed by atoms with Gasteiger partial charge in [0.05, 0.1) is 30.8 Å². The number of aliphatic hydroxyl groups excluding tert-OH is 1. The summed E-state index contributed by atoms with van der Waals surface area (Å²) in [7, 11) is 0. The maximum absolute atomic E-state index is 12.7. The molecule has 0 fully saturated rings. The van der Waals surface area contributed by atoms with E-state index in [0.29, 0.717) is 36.4 Å². The Morgan fingerprint density at radius 2 is 2.08 bits per heavy atom. The van der Waals surface area contributed by atoms with E-state index in [4.69, 9.17) is 9.15 Å². The summed E-state index contributed by atoms with van der Waals surface area (Å²) in [6.07, 6.45) is 2.75. The van der Waals surface area contributed by atoms with E-state index in [-0.39, 0.29) is 5.91 Å². The molecular weight excluding hydrogens is 318 g/mol. The molecule has 2 aromatic carbocycles. The van der Waals surface area contributed by atoms with Gasteiger partial charge in [0.15, 0.2) is 0 Å².